The molecule has 1 heterocycles. The molecule has 26 heavy (non-hydrogen) atoms. The zero-order valence-corrected chi connectivity index (χ0v) is 14.7. The molecule has 2 aromatic carbocycles. The summed E-state index contributed by atoms with van der Waals surface area (Å²) in [5.74, 6) is -0.166. The van der Waals surface area contributed by atoms with Crippen LogP contribution in [0.1, 0.15) is 18.9 Å². The highest BCUT2D eigenvalue weighted by Crippen LogP contribution is 2.25. The van der Waals surface area contributed by atoms with E-state index in [4.69, 9.17) is 21.1 Å². The summed E-state index contributed by atoms with van der Waals surface area (Å²) in [7, 11) is 0. The lowest BCUT2D eigenvalue weighted by atomic mass is 10.2. The van der Waals surface area contributed by atoms with Crippen LogP contribution in [0.25, 0.3) is 0 Å². The van der Waals surface area contributed by atoms with E-state index in [0.717, 1.165) is 10.5 Å². The predicted molar refractivity (Wildman–Crippen MR) is 93.7 cm³/mol. The van der Waals surface area contributed by atoms with Crippen molar-refractivity contribution in [1.82, 2.24) is 4.90 Å². The summed E-state index contributed by atoms with van der Waals surface area (Å²) in [6.07, 6.45) is -1.14. The molecule has 0 spiro atoms. The van der Waals surface area contributed by atoms with Gasteiger partial charge in [0.25, 0.3) is 5.91 Å². The summed E-state index contributed by atoms with van der Waals surface area (Å²) in [6, 6.07) is 14.0. The third-order valence-electron chi connectivity index (χ3n) is 3.82. The van der Waals surface area contributed by atoms with Crippen molar-refractivity contribution in [2.45, 2.75) is 26.0 Å². The molecule has 1 aliphatic rings. The van der Waals surface area contributed by atoms with E-state index in [2.05, 4.69) is 0 Å². The Kier molecular flexibility index (Phi) is 5.23. The van der Waals surface area contributed by atoms with Crippen LogP contribution >= 0.6 is 11.6 Å². The van der Waals surface area contributed by atoms with E-state index < -0.39 is 18.0 Å². The van der Waals surface area contributed by atoms with Crippen molar-refractivity contribution in [3.63, 3.8) is 0 Å². The molecule has 2 amide bonds. The maximum absolute atomic E-state index is 12.2. The van der Waals surface area contributed by atoms with Crippen molar-refractivity contribution >= 4 is 29.4 Å². The number of esters is 1. The van der Waals surface area contributed by atoms with Gasteiger partial charge in [-0.1, -0.05) is 23.7 Å². The highest BCUT2D eigenvalue weighted by molar-refractivity contribution is 6.30. The van der Waals surface area contributed by atoms with Gasteiger partial charge in [-0.2, -0.15) is 0 Å². The van der Waals surface area contributed by atoms with E-state index in [0.29, 0.717) is 16.5 Å². The Morgan fingerprint density at radius 3 is 2.23 bits per heavy atom. The maximum atomic E-state index is 12.2. The highest BCUT2D eigenvalue weighted by atomic mass is 35.5. The van der Waals surface area contributed by atoms with Crippen molar-refractivity contribution in [2.24, 2.45) is 0 Å². The van der Waals surface area contributed by atoms with E-state index in [1.54, 1.807) is 48.5 Å². The maximum Gasteiger partial charge on any atom is 0.303 e. The molecule has 0 aliphatic carbocycles. The zero-order chi connectivity index (χ0) is 18.7. The molecule has 134 valence electrons. The molecule has 1 aliphatic heterocycles. The van der Waals surface area contributed by atoms with Gasteiger partial charge in [-0.3, -0.25) is 19.3 Å². The van der Waals surface area contributed by atoms with Crippen molar-refractivity contribution in [3.8, 4) is 11.5 Å². The Morgan fingerprint density at radius 1 is 1.08 bits per heavy atom. The molecule has 2 aromatic rings. The summed E-state index contributed by atoms with van der Waals surface area (Å²) < 4.78 is 10.6. The fourth-order valence-corrected chi connectivity index (χ4v) is 2.72. The third-order valence-corrected chi connectivity index (χ3v) is 4.08. The largest absolute Gasteiger partial charge is 0.457 e. The molecular weight excluding hydrogens is 358 g/mol. The molecule has 3 rings (SSSR count). The lowest BCUT2D eigenvalue weighted by molar-refractivity contribution is -0.154. The third kappa shape index (κ3) is 4.21. The van der Waals surface area contributed by atoms with Crippen LogP contribution in [-0.2, 0) is 25.7 Å². The van der Waals surface area contributed by atoms with Crippen LogP contribution in [0.2, 0.25) is 5.02 Å². The number of ether oxygens (including phenoxy) is 2. The number of carbonyl (C=O) groups is 3. The number of carbonyl (C=O) groups excluding carboxylic acids is 3. The fraction of sp³-hybridized carbons (Fsp3) is 0.211. The van der Waals surface area contributed by atoms with Gasteiger partial charge < -0.3 is 9.47 Å². The van der Waals surface area contributed by atoms with Gasteiger partial charge in [0.1, 0.15) is 11.5 Å². The lowest BCUT2D eigenvalue weighted by Crippen LogP contribution is -2.32. The second-order valence-electron chi connectivity index (χ2n) is 5.82. The number of likely N-dealkylation sites (tertiary alicyclic amines) is 1. The zero-order valence-electron chi connectivity index (χ0n) is 14.0. The van der Waals surface area contributed by atoms with E-state index in [9.17, 15) is 14.4 Å². The van der Waals surface area contributed by atoms with E-state index in [-0.39, 0.29) is 18.9 Å². The van der Waals surface area contributed by atoms with Crippen LogP contribution < -0.4 is 4.74 Å². The van der Waals surface area contributed by atoms with E-state index >= 15 is 0 Å². The first-order chi connectivity index (χ1) is 12.4. The second-order valence-corrected chi connectivity index (χ2v) is 6.26. The summed E-state index contributed by atoms with van der Waals surface area (Å²) in [5.41, 5.74) is 0.763. The molecule has 6 nitrogen and oxygen atoms in total. The van der Waals surface area contributed by atoms with Crippen molar-refractivity contribution in [2.75, 3.05) is 0 Å². The topological polar surface area (TPSA) is 72.9 Å². The molecule has 0 bridgehead atoms. The van der Waals surface area contributed by atoms with Gasteiger partial charge in [0, 0.05) is 11.9 Å². The minimum Gasteiger partial charge on any atom is -0.457 e. The molecule has 0 radical (unpaired) electrons. The first-order valence-corrected chi connectivity index (χ1v) is 8.34. The first kappa shape index (κ1) is 17.9. The van der Waals surface area contributed by atoms with Gasteiger partial charge in [-0.05, 0) is 42.0 Å². The molecule has 1 saturated heterocycles. The minimum atomic E-state index is -1.02. The number of imide groups is 1. The number of amides is 2. The summed E-state index contributed by atoms with van der Waals surface area (Å²) in [4.78, 5) is 36.3. The molecule has 7 heteroatoms. The van der Waals surface area contributed by atoms with Gasteiger partial charge in [-0.15, -0.1) is 0 Å². The smallest absolute Gasteiger partial charge is 0.303 e. The Hall–Kier alpha value is -2.86. The Morgan fingerprint density at radius 2 is 1.65 bits per heavy atom. The van der Waals surface area contributed by atoms with Crippen LogP contribution in [-0.4, -0.2) is 28.8 Å². The summed E-state index contributed by atoms with van der Waals surface area (Å²) in [5, 5.41) is 0.625. The number of benzene rings is 2. The number of rotatable bonds is 5. The fourth-order valence-electron chi connectivity index (χ4n) is 2.60. The van der Waals surface area contributed by atoms with Crippen LogP contribution in [0.3, 0.4) is 0 Å². The number of hydrogen-bond acceptors (Lipinski definition) is 5. The van der Waals surface area contributed by atoms with Gasteiger partial charge in [0.05, 0.1) is 13.0 Å². The van der Waals surface area contributed by atoms with Gasteiger partial charge in [-0.25, -0.2) is 0 Å². The Labute approximate surface area is 155 Å². The summed E-state index contributed by atoms with van der Waals surface area (Å²) in [6.45, 7) is 1.33. The van der Waals surface area contributed by atoms with Gasteiger partial charge in [0.15, 0.2) is 6.10 Å². The monoisotopic (exact) mass is 373 g/mol. The summed E-state index contributed by atoms with van der Waals surface area (Å²) >= 11 is 5.84. The van der Waals surface area contributed by atoms with Crippen molar-refractivity contribution in [3.05, 3.63) is 59.1 Å². The van der Waals surface area contributed by atoms with Gasteiger partial charge >= 0.3 is 5.97 Å². The van der Waals surface area contributed by atoms with Gasteiger partial charge in [0.2, 0.25) is 5.91 Å². The molecule has 0 saturated carbocycles. The molecule has 0 N–H and O–H groups in total. The van der Waals surface area contributed by atoms with E-state index in [1.807, 2.05) is 0 Å². The average molecular weight is 374 g/mol. The SMILES string of the molecule is CC(=O)O[C@H]1CC(=O)N(Cc2ccc(Oc3ccc(Cl)cc3)cc2)C1=O. The lowest BCUT2D eigenvalue weighted by Gasteiger charge is -2.15. The van der Waals surface area contributed by atoms with Crippen molar-refractivity contribution < 1.29 is 23.9 Å². The average Bonchev–Trinajstić information content (AvgIpc) is 2.85. The van der Waals surface area contributed by atoms with Crippen LogP contribution in [0, 0.1) is 0 Å². The number of nitrogens with zero attached hydrogens (tertiary/aromatic N) is 1. The predicted octanol–water partition coefficient (Wildman–Crippen LogP) is 3.32. The molecule has 1 atom stereocenters. The number of halogens is 1. The Balaban J connectivity index is 1.64. The van der Waals surface area contributed by atoms with Crippen LogP contribution in [0.4, 0.5) is 0 Å². The number of hydrogen-bond donors (Lipinski definition) is 0. The normalized spacial score (nSPS) is 16.7. The molecule has 1 fully saturated rings. The standard InChI is InChI=1S/C19H16ClNO5/c1-12(22)25-17-10-18(23)21(19(17)24)11-13-2-6-15(7-3-13)26-16-8-4-14(20)5-9-16/h2-9,17H,10-11H2,1H3/t17-/m0/s1. The van der Waals surface area contributed by atoms with Crippen molar-refractivity contribution in [1.29, 1.82) is 0 Å². The quantitative estimate of drug-likeness (QED) is 0.593. The molecule has 0 unspecified atom stereocenters. The molecule has 0 aromatic heterocycles. The first-order valence-electron chi connectivity index (χ1n) is 7.96. The highest BCUT2D eigenvalue weighted by Gasteiger charge is 2.40. The van der Waals surface area contributed by atoms with E-state index in [1.165, 1.54) is 6.92 Å². The van der Waals surface area contributed by atoms with Crippen LogP contribution in [0.15, 0.2) is 48.5 Å². The second kappa shape index (κ2) is 7.58. The van der Waals surface area contributed by atoms with Crippen LogP contribution in [0.5, 0.6) is 11.5 Å². The Bertz CT molecular complexity index is 832. The minimum absolute atomic E-state index is 0.115. The molecular formula is C19H16ClNO5.